The molecule has 0 fully saturated rings. The smallest absolute Gasteiger partial charge is 0.228 e. The van der Waals surface area contributed by atoms with Crippen LogP contribution in [0.2, 0.25) is 0 Å². The maximum Gasteiger partial charge on any atom is 0.228 e. The lowest BCUT2D eigenvalue weighted by molar-refractivity contribution is -0.121. The minimum Gasteiger partial charge on any atom is -0.489 e. The summed E-state index contributed by atoms with van der Waals surface area (Å²) in [7, 11) is 2.76. The van der Waals surface area contributed by atoms with E-state index in [-0.39, 0.29) is 28.5 Å². The molecule has 0 heterocycles. The first kappa shape index (κ1) is 20.2. The summed E-state index contributed by atoms with van der Waals surface area (Å²) in [6, 6.07) is 0. The zero-order chi connectivity index (χ0) is 18.9. The van der Waals surface area contributed by atoms with Crippen LogP contribution in [0.1, 0.15) is 54.9 Å². The van der Waals surface area contributed by atoms with E-state index in [4.69, 9.17) is 9.47 Å². The molecule has 0 saturated heterocycles. The third kappa shape index (κ3) is 3.80. The molecule has 134 valence electrons. The van der Waals surface area contributed by atoms with E-state index < -0.39 is 5.41 Å². The molecule has 24 heavy (non-hydrogen) atoms. The fourth-order valence-corrected chi connectivity index (χ4v) is 2.78. The average Bonchev–Trinajstić information content (AvgIpc) is 2.47. The molecular formula is C20H30O4. The molecule has 0 radical (unpaired) electrons. The average molecular weight is 334 g/mol. The number of ether oxygens (including phenoxy) is 2. The Labute approximate surface area is 145 Å². The Morgan fingerprint density at radius 1 is 0.958 bits per heavy atom. The van der Waals surface area contributed by atoms with E-state index in [0.717, 1.165) is 0 Å². The van der Waals surface area contributed by atoms with Crippen molar-refractivity contribution in [1.82, 2.24) is 0 Å². The van der Waals surface area contributed by atoms with Crippen molar-refractivity contribution in [3.8, 4) is 0 Å². The molecule has 0 spiro atoms. The summed E-state index contributed by atoms with van der Waals surface area (Å²) in [6.45, 7) is 14.2. The number of ketones is 2. The largest absolute Gasteiger partial charge is 0.489 e. The van der Waals surface area contributed by atoms with Crippen molar-refractivity contribution in [2.45, 2.75) is 54.9 Å². The monoisotopic (exact) mass is 334 g/mol. The molecule has 4 nitrogen and oxygen atoms in total. The molecule has 0 unspecified atom stereocenters. The molecule has 1 aliphatic carbocycles. The Kier molecular flexibility index (Phi) is 5.86. The van der Waals surface area contributed by atoms with E-state index in [1.165, 1.54) is 19.8 Å². The molecule has 4 heteroatoms. The lowest BCUT2D eigenvalue weighted by atomic mass is 9.72. The summed E-state index contributed by atoms with van der Waals surface area (Å²) in [5.74, 6) is -0.569. The van der Waals surface area contributed by atoms with Crippen molar-refractivity contribution in [2.24, 2.45) is 10.8 Å². The van der Waals surface area contributed by atoms with E-state index in [1.54, 1.807) is 6.92 Å². The Hall–Kier alpha value is -1.84. The third-order valence-electron chi connectivity index (χ3n) is 4.75. The van der Waals surface area contributed by atoms with E-state index in [1.807, 2.05) is 13.8 Å². The van der Waals surface area contributed by atoms with E-state index in [2.05, 4.69) is 33.8 Å². The van der Waals surface area contributed by atoms with Crippen molar-refractivity contribution < 1.29 is 19.1 Å². The molecule has 0 atom stereocenters. The first-order valence-electron chi connectivity index (χ1n) is 8.18. The lowest BCUT2D eigenvalue weighted by Gasteiger charge is -2.32. The minimum atomic E-state index is -0.480. The molecule has 0 aliphatic heterocycles. The van der Waals surface area contributed by atoms with Gasteiger partial charge < -0.3 is 9.47 Å². The van der Waals surface area contributed by atoms with E-state index in [9.17, 15) is 9.59 Å². The van der Waals surface area contributed by atoms with Gasteiger partial charge in [0.1, 0.15) is 0 Å². The number of methoxy groups -OCH3 is 2. The van der Waals surface area contributed by atoms with Gasteiger partial charge in [-0.05, 0) is 31.1 Å². The maximum atomic E-state index is 12.9. The highest BCUT2D eigenvalue weighted by atomic mass is 16.5. The standard InChI is InChI=1S/C20H30O4/c1-12(19(3,4)5)10-11-20(6,7)14-13(2)15(21)17(23-8)18(24-9)16(14)22/h10H,11H2,1-9H3/b12-10+. The van der Waals surface area contributed by atoms with E-state index in [0.29, 0.717) is 17.6 Å². The van der Waals surface area contributed by atoms with Crippen molar-refractivity contribution >= 4 is 11.6 Å². The normalized spacial score (nSPS) is 17.6. The molecule has 0 N–H and O–H groups in total. The number of Topliss-reactive ketones (excluding diaryl/α,β-unsaturated/α-hetero) is 2. The Morgan fingerprint density at radius 3 is 1.83 bits per heavy atom. The Balaban J connectivity index is 3.31. The van der Waals surface area contributed by atoms with Crippen molar-refractivity contribution in [3.63, 3.8) is 0 Å². The number of hydrogen-bond acceptors (Lipinski definition) is 4. The van der Waals surface area contributed by atoms with Crippen LogP contribution in [0, 0.1) is 10.8 Å². The van der Waals surface area contributed by atoms with Crippen molar-refractivity contribution in [3.05, 3.63) is 34.3 Å². The summed E-state index contributed by atoms with van der Waals surface area (Å²) in [4.78, 5) is 25.4. The first-order chi connectivity index (χ1) is 10.9. The van der Waals surface area contributed by atoms with Gasteiger partial charge >= 0.3 is 0 Å². The van der Waals surface area contributed by atoms with Gasteiger partial charge in [0.2, 0.25) is 23.1 Å². The summed E-state index contributed by atoms with van der Waals surface area (Å²) < 4.78 is 10.3. The highest BCUT2D eigenvalue weighted by Crippen LogP contribution is 2.40. The minimum absolute atomic E-state index is 0.00676. The number of carbonyl (C=O) groups excluding carboxylic acids is 2. The summed E-state index contributed by atoms with van der Waals surface area (Å²) in [5, 5.41) is 0. The van der Waals surface area contributed by atoms with Crippen LogP contribution >= 0.6 is 0 Å². The topological polar surface area (TPSA) is 52.6 Å². The van der Waals surface area contributed by atoms with E-state index >= 15 is 0 Å². The zero-order valence-corrected chi connectivity index (χ0v) is 16.4. The lowest BCUT2D eigenvalue weighted by Crippen LogP contribution is -2.32. The second-order valence-corrected chi connectivity index (χ2v) is 7.95. The number of allylic oxidation sites excluding steroid dienone is 4. The second kappa shape index (κ2) is 6.96. The van der Waals surface area contributed by atoms with Gasteiger partial charge in [-0.3, -0.25) is 9.59 Å². The van der Waals surface area contributed by atoms with Crippen molar-refractivity contribution in [1.29, 1.82) is 0 Å². The third-order valence-corrected chi connectivity index (χ3v) is 4.75. The quantitative estimate of drug-likeness (QED) is 0.553. The molecule has 0 saturated carbocycles. The summed E-state index contributed by atoms with van der Waals surface area (Å²) in [6.07, 6.45) is 2.82. The van der Waals surface area contributed by atoms with Crippen LogP contribution in [0.5, 0.6) is 0 Å². The molecule has 0 aromatic carbocycles. The molecule has 1 aliphatic rings. The van der Waals surface area contributed by atoms with Crippen LogP contribution in [-0.2, 0) is 19.1 Å². The highest BCUT2D eigenvalue weighted by Gasteiger charge is 2.41. The molecule has 0 aromatic rings. The predicted molar refractivity (Wildman–Crippen MR) is 95.4 cm³/mol. The van der Waals surface area contributed by atoms with Gasteiger partial charge in [-0.2, -0.15) is 0 Å². The van der Waals surface area contributed by atoms with Crippen molar-refractivity contribution in [2.75, 3.05) is 14.2 Å². The van der Waals surface area contributed by atoms with Crippen LogP contribution in [0.15, 0.2) is 34.3 Å². The number of rotatable bonds is 5. The molecule has 0 bridgehead atoms. The van der Waals surface area contributed by atoms with Crippen LogP contribution in [0.4, 0.5) is 0 Å². The molecule has 1 rings (SSSR count). The number of carbonyl (C=O) groups is 2. The second-order valence-electron chi connectivity index (χ2n) is 7.95. The van der Waals surface area contributed by atoms with Gasteiger partial charge in [0, 0.05) is 11.1 Å². The van der Waals surface area contributed by atoms with Crippen LogP contribution < -0.4 is 0 Å². The number of hydrogen-bond donors (Lipinski definition) is 0. The zero-order valence-electron chi connectivity index (χ0n) is 16.4. The highest BCUT2D eigenvalue weighted by molar-refractivity contribution is 6.23. The SMILES string of the molecule is COC1=C(OC)C(=O)C(C(C)(C)C/C=C(\C)C(C)(C)C)=C(C)C1=O. The van der Waals surface area contributed by atoms with Gasteiger partial charge in [0.25, 0.3) is 0 Å². The molecular weight excluding hydrogens is 304 g/mol. The molecule has 0 amide bonds. The van der Waals surface area contributed by atoms with Crippen LogP contribution in [-0.4, -0.2) is 25.8 Å². The van der Waals surface area contributed by atoms with Gasteiger partial charge in [-0.15, -0.1) is 0 Å². The van der Waals surface area contributed by atoms with Crippen LogP contribution in [0.3, 0.4) is 0 Å². The fraction of sp³-hybridized carbons (Fsp3) is 0.600. The maximum absolute atomic E-state index is 12.9. The summed E-state index contributed by atoms with van der Waals surface area (Å²) in [5.41, 5.74) is 1.79. The Bertz CT molecular complexity index is 637. The van der Waals surface area contributed by atoms with Gasteiger partial charge in [0.05, 0.1) is 14.2 Å². The molecule has 0 aromatic heterocycles. The fourth-order valence-electron chi connectivity index (χ4n) is 2.78. The predicted octanol–water partition coefficient (Wildman–Crippen LogP) is 4.37. The van der Waals surface area contributed by atoms with Gasteiger partial charge in [0.15, 0.2) is 0 Å². The van der Waals surface area contributed by atoms with Gasteiger partial charge in [-0.1, -0.05) is 46.3 Å². The van der Waals surface area contributed by atoms with Crippen LogP contribution in [0.25, 0.3) is 0 Å². The first-order valence-corrected chi connectivity index (χ1v) is 8.18. The summed E-state index contributed by atoms with van der Waals surface area (Å²) >= 11 is 0. The Morgan fingerprint density at radius 2 is 1.42 bits per heavy atom. The van der Waals surface area contributed by atoms with Gasteiger partial charge in [-0.25, -0.2) is 0 Å².